The van der Waals surface area contributed by atoms with E-state index >= 15 is 0 Å². The van der Waals surface area contributed by atoms with Crippen molar-refractivity contribution >= 4 is 23.1 Å². The normalized spacial score (nSPS) is 10.0. The first-order valence-corrected chi connectivity index (χ1v) is 5.66. The van der Waals surface area contributed by atoms with E-state index in [9.17, 15) is 4.79 Å². The molecule has 0 spiro atoms. The number of hydrogen-bond donors (Lipinski definition) is 1. The minimum Gasteiger partial charge on any atom is -0.388 e. The van der Waals surface area contributed by atoms with Crippen LogP contribution in [0.15, 0.2) is 48.5 Å². The molecule has 0 aliphatic heterocycles. The van der Waals surface area contributed by atoms with Gasteiger partial charge in [0.15, 0.2) is 5.78 Å². The van der Waals surface area contributed by atoms with Gasteiger partial charge < -0.3 is 5.32 Å². The highest BCUT2D eigenvalue weighted by atomic mass is 35.5. The third-order valence-electron chi connectivity index (χ3n) is 2.52. The van der Waals surface area contributed by atoms with E-state index in [1.54, 1.807) is 30.3 Å². The van der Waals surface area contributed by atoms with E-state index in [0.29, 0.717) is 16.1 Å². The van der Waals surface area contributed by atoms with Crippen LogP contribution in [0.1, 0.15) is 15.9 Å². The van der Waals surface area contributed by atoms with E-state index in [1.807, 2.05) is 25.2 Å². The van der Waals surface area contributed by atoms with Crippen molar-refractivity contribution < 1.29 is 4.79 Å². The van der Waals surface area contributed by atoms with Gasteiger partial charge in [0.2, 0.25) is 0 Å². The molecule has 3 heteroatoms. The third-order valence-corrected chi connectivity index (χ3v) is 2.77. The molecule has 0 aliphatic carbocycles. The first-order valence-electron chi connectivity index (χ1n) is 5.29. The predicted molar refractivity (Wildman–Crippen MR) is 70.9 cm³/mol. The highest BCUT2D eigenvalue weighted by Crippen LogP contribution is 2.16. The van der Waals surface area contributed by atoms with Crippen molar-refractivity contribution in [2.75, 3.05) is 12.4 Å². The van der Waals surface area contributed by atoms with Gasteiger partial charge in [0.25, 0.3) is 0 Å². The molecule has 2 aromatic rings. The Kier molecular flexibility index (Phi) is 3.45. The van der Waals surface area contributed by atoms with Gasteiger partial charge in [-0.05, 0) is 36.4 Å². The van der Waals surface area contributed by atoms with Crippen LogP contribution in [0.5, 0.6) is 0 Å². The summed E-state index contributed by atoms with van der Waals surface area (Å²) in [4.78, 5) is 12.2. The standard InChI is InChI=1S/C14H12ClNO/c1-16-13-4-2-3-11(9-13)14(17)10-5-7-12(15)8-6-10/h2-9,16H,1H3. The smallest absolute Gasteiger partial charge is 0.193 e. The van der Waals surface area contributed by atoms with Gasteiger partial charge in [-0.2, -0.15) is 0 Å². The van der Waals surface area contributed by atoms with Crippen molar-refractivity contribution in [3.05, 3.63) is 64.7 Å². The van der Waals surface area contributed by atoms with Crippen LogP contribution in [-0.4, -0.2) is 12.8 Å². The van der Waals surface area contributed by atoms with Crippen molar-refractivity contribution in [3.8, 4) is 0 Å². The summed E-state index contributed by atoms with van der Waals surface area (Å²) in [5, 5.41) is 3.64. The molecule has 0 amide bonds. The molecule has 0 saturated heterocycles. The minimum atomic E-state index is -0.00114. The number of halogens is 1. The Hall–Kier alpha value is -1.80. The summed E-state index contributed by atoms with van der Waals surface area (Å²) < 4.78 is 0. The predicted octanol–water partition coefficient (Wildman–Crippen LogP) is 3.61. The molecule has 0 heterocycles. The largest absolute Gasteiger partial charge is 0.388 e. The SMILES string of the molecule is CNc1cccc(C(=O)c2ccc(Cl)cc2)c1. The number of benzene rings is 2. The van der Waals surface area contributed by atoms with Crippen LogP contribution in [0.25, 0.3) is 0 Å². The topological polar surface area (TPSA) is 29.1 Å². The van der Waals surface area contributed by atoms with Crippen molar-refractivity contribution in [2.24, 2.45) is 0 Å². The molecule has 0 fully saturated rings. The minimum absolute atomic E-state index is 0.00114. The van der Waals surface area contributed by atoms with Gasteiger partial charge in [0.05, 0.1) is 0 Å². The van der Waals surface area contributed by atoms with Gasteiger partial charge in [-0.25, -0.2) is 0 Å². The van der Waals surface area contributed by atoms with Crippen LogP contribution < -0.4 is 5.32 Å². The molecule has 0 aliphatic rings. The van der Waals surface area contributed by atoms with Crippen molar-refractivity contribution in [2.45, 2.75) is 0 Å². The summed E-state index contributed by atoms with van der Waals surface area (Å²) in [6.07, 6.45) is 0. The number of nitrogens with one attached hydrogen (secondary N) is 1. The molecule has 0 atom stereocenters. The molecule has 2 aromatic carbocycles. The maximum absolute atomic E-state index is 12.2. The van der Waals surface area contributed by atoms with E-state index in [1.165, 1.54) is 0 Å². The second kappa shape index (κ2) is 5.02. The average molecular weight is 246 g/mol. The molecular weight excluding hydrogens is 234 g/mol. The maximum Gasteiger partial charge on any atom is 0.193 e. The lowest BCUT2D eigenvalue weighted by atomic mass is 10.0. The molecule has 17 heavy (non-hydrogen) atoms. The molecular formula is C14H12ClNO. The first kappa shape index (κ1) is 11.7. The molecule has 0 saturated carbocycles. The van der Waals surface area contributed by atoms with E-state index in [-0.39, 0.29) is 5.78 Å². The zero-order chi connectivity index (χ0) is 12.3. The van der Waals surface area contributed by atoms with Gasteiger partial charge in [0.1, 0.15) is 0 Å². The van der Waals surface area contributed by atoms with E-state index in [4.69, 9.17) is 11.6 Å². The van der Waals surface area contributed by atoms with E-state index in [2.05, 4.69) is 5.32 Å². The zero-order valence-corrected chi connectivity index (χ0v) is 10.2. The lowest BCUT2D eigenvalue weighted by molar-refractivity contribution is 0.103. The molecule has 0 unspecified atom stereocenters. The molecule has 2 nitrogen and oxygen atoms in total. The Morgan fingerprint density at radius 2 is 1.76 bits per heavy atom. The van der Waals surface area contributed by atoms with Crippen LogP contribution in [0.4, 0.5) is 5.69 Å². The number of rotatable bonds is 3. The summed E-state index contributed by atoms with van der Waals surface area (Å²) in [6.45, 7) is 0. The zero-order valence-electron chi connectivity index (χ0n) is 9.41. The molecule has 1 N–H and O–H groups in total. The van der Waals surface area contributed by atoms with Crippen molar-refractivity contribution in [3.63, 3.8) is 0 Å². The maximum atomic E-state index is 12.2. The monoisotopic (exact) mass is 245 g/mol. The fraction of sp³-hybridized carbons (Fsp3) is 0.0714. The lowest BCUT2D eigenvalue weighted by Gasteiger charge is -2.04. The Morgan fingerprint density at radius 3 is 2.41 bits per heavy atom. The number of hydrogen-bond acceptors (Lipinski definition) is 2. The Bertz CT molecular complexity index is 534. The highest BCUT2D eigenvalue weighted by Gasteiger charge is 2.08. The van der Waals surface area contributed by atoms with Gasteiger partial charge in [0, 0.05) is 28.9 Å². The van der Waals surface area contributed by atoms with E-state index in [0.717, 1.165) is 5.69 Å². The summed E-state index contributed by atoms with van der Waals surface area (Å²) in [5.41, 5.74) is 2.23. The molecule has 86 valence electrons. The molecule has 0 aromatic heterocycles. The molecule has 2 rings (SSSR count). The second-order valence-electron chi connectivity index (χ2n) is 3.67. The number of anilines is 1. The Balaban J connectivity index is 2.33. The fourth-order valence-corrected chi connectivity index (χ4v) is 1.71. The lowest BCUT2D eigenvalue weighted by Crippen LogP contribution is -2.01. The number of carbonyl (C=O) groups is 1. The fourth-order valence-electron chi connectivity index (χ4n) is 1.58. The van der Waals surface area contributed by atoms with Gasteiger partial charge in [-0.15, -0.1) is 0 Å². The van der Waals surface area contributed by atoms with Crippen LogP contribution in [0, 0.1) is 0 Å². The molecule has 0 radical (unpaired) electrons. The van der Waals surface area contributed by atoms with Crippen LogP contribution in [0.2, 0.25) is 5.02 Å². The van der Waals surface area contributed by atoms with E-state index < -0.39 is 0 Å². The van der Waals surface area contributed by atoms with Crippen molar-refractivity contribution in [1.29, 1.82) is 0 Å². The second-order valence-corrected chi connectivity index (χ2v) is 4.10. The summed E-state index contributed by atoms with van der Waals surface area (Å²) in [5.74, 6) is -0.00114. The van der Waals surface area contributed by atoms with Crippen LogP contribution in [0.3, 0.4) is 0 Å². The quantitative estimate of drug-likeness (QED) is 0.837. The van der Waals surface area contributed by atoms with Gasteiger partial charge in [-0.1, -0.05) is 23.7 Å². The summed E-state index contributed by atoms with van der Waals surface area (Å²) in [7, 11) is 1.83. The van der Waals surface area contributed by atoms with Gasteiger partial charge >= 0.3 is 0 Å². The van der Waals surface area contributed by atoms with Crippen molar-refractivity contribution in [1.82, 2.24) is 0 Å². The summed E-state index contributed by atoms with van der Waals surface area (Å²) >= 11 is 5.79. The Morgan fingerprint density at radius 1 is 1.06 bits per heavy atom. The van der Waals surface area contributed by atoms with Gasteiger partial charge in [-0.3, -0.25) is 4.79 Å². The third kappa shape index (κ3) is 2.66. The number of ketones is 1. The molecule has 0 bridgehead atoms. The number of carbonyl (C=O) groups excluding carboxylic acids is 1. The van der Waals surface area contributed by atoms with Crippen LogP contribution >= 0.6 is 11.6 Å². The van der Waals surface area contributed by atoms with Crippen LogP contribution in [-0.2, 0) is 0 Å². The first-order chi connectivity index (χ1) is 8.20. The average Bonchev–Trinajstić information content (AvgIpc) is 2.39. The highest BCUT2D eigenvalue weighted by molar-refractivity contribution is 6.30. The Labute approximate surface area is 105 Å². The summed E-state index contributed by atoms with van der Waals surface area (Å²) in [6, 6.07) is 14.3.